The van der Waals surface area contributed by atoms with Crippen molar-refractivity contribution in [3.8, 4) is 11.5 Å². The predicted molar refractivity (Wildman–Crippen MR) is 136 cm³/mol. The topological polar surface area (TPSA) is 90.2 Å². The highest BCUT2D eigenvalue weighted by Gasteiger charge is 2.40. The number of carbonyl (C=O) groups is 2. The van der Waals surface area contributed by atoms with Crippen molar-refractivity contribution in [3.05, 3.63) is 64.8 Å². The van der Waals surface area contributed by atoms with Gasteiger partial charge in [0.05, 0.1) is 44.0 Å². The van der Waals surface area contributed by atoms with Crippen LogP contribution in [-0.2, 0) is 14.3 Å². The Kier molecular flexibility index (Phi) is 8.70. The first-order valence-electron chi connectivity index (χ1n) is 11.4. The van der Waals surface area contributed by atoms with Gasteiger partial charge >= 0.3 is 5.97 Å². The zero-order valence-corrected chi connectivity index (χ0v) is 21.4. The Morgan fingerprint density at radius 1 is 1.11 bits per heavy atom. The summed E-state index contributed by atoms with van der Waals surface area (Å²) >= 11 is 5.59. The van der Waals surface area contributed by atoms with Crippen LogP contribution >= 0.6 is 12.2 Å². The zero-order valence-electron chi connectivity index (χ0n) is 20.5. The van der Waals surface area contributed by atoms with Crippen molar-refractivity contribution in [1.82, 2.24) is 10.2 Å². The van der Waals surface area contributed by atoms with Gasteiger partial charge in [0.25, 0.3) is 5.91 Å². The van der Waals surface area contributed by atoms with E-state index >= 15 is 0 Å². The number of amides is 1. The Bertz CT molecular complexity index is 1150. The molecular formula is C26H30N2O6S. The van der Waals surface area contributed by atoms with E-state index in [-0.39, 0.29) is 23.2 Å². The van der Waals surface area contributed by atoms with Crippen molar-refractivity contribution >= 4 is 35.3 Å². The lowest BCUT2D eigenvalue weighted by atomic mass is 9.92. The summed E-state index contributed by atoms with van der Waals surface area (Å²) in [5.41, 5.74) is 2.59. The van der Waals surface area contributed by atoms with Crippen LogP contribution in [0.4, 0.5) is 0 Å². The minimum atomic E-state index is -0.835. The molecule has 9 heteroatoms. The molecule has 1 amide bonds. The SMILES string of the molecule is CCOC(=O)C1=C(C)NC(=S)N(C(=O)/C(C)=C/c2ccoc2)C1c1ccc(OCC)c(OCC)c1. The van der Waals surface area contributed by atoms with Crippen LogP contribution in [0.25, 0.3) is 6.08 Å². The maximum Gasteiger partial charge on any atom is 0.338 e. The van der Waals surface area contributed by atoms with Crippen LogP contribution in [0, 0.1) is 0 Å². The number of hydrogen-bond donors (Lipinski definition) is 1. The third kappa shape index (κ3) is 5.74. The van der Waals surface area contributed by atoms with E-state index in [1.54, 1.807) is 51.1 Å². The third-order valence-electron chi connectivity index (χ3n) is 5.31. The van der Waals surface area contributed by atoms with Crippen LogP contribution in [0.2, 0.25) is 0 Å². The highest BCUT2D eigenvalue weighted by atomic mass is 32.1. The van der Waals surface area contributed by atoms with Gasteiger partial charge in [-0.3, -0.25) is 9.69 Å². The van der Waals surface area contributed by atoms with Gasteiger partial charge in [-0.05, 0) is 76.7 Å². The summed E-state index contributed by atoms with van der Waals surface area (Å²) in [6.07, 6.45) is 4.76. The molecular weight excluding hydrogens is 468 g/mol. The molecule has 186 valence electrons. The second-order valence-electron chi connectivity index (χ2n) is 7.72. The maximum absolute atomic E-state index is 13.7. The number of nitrogens with one attached hydrogen (secondary N) is 1. The number of carbonyl (C=O) groups excluding carboxylic acids is 2. The van der Waals surface area contributed by atoms with E-state index in [0.717, 1.165) is 5.56 Å². The molecule has 3 rings (SSSR count). The van der Waals surface area contributed by atoms with Crippen LogP contribution in [0.15, 0.2) is 58.1 Å². The summed E-state index contributed by atoms with van der Waals surface area (Å²) in [7, 11) is 0. The maximum atomic E-state index is 13.7. The first-order chi connectivity index (χ1) is 16.8. The average Bonchev–Trinajstić information content (AvgIpc) is 3.32. The second-order valence-corrected chi connectivity index (χ2v) is 8.11. The molecule has 1 aliphatic rings. The molecule has 1 aromatic carbocycles. The van der Waals surface area contributed by atoms with Gasteiger partial charge in [0, 0.05) is 16.8 Å². The van der Waals surface area contributed by atoms with E-state index in [1.165, 1.54) is 17.4 Å². The third-order valence-corrected chi connectivity index (χ3v) is 5.61. The molecule has 1 aliphatic heterocycles. The molecule has 0 saturated carbocycles. The van der Waals surface area contributed by atoms with E-state index in [0.29, 0.717) is 41.5 Å². The molecule has 2 heterocycles. The number of benzene rings is 1. The Morgan fingerprint density at radius 3 is 2.46 bits per heavy atom. The largest absolute Gasteiger partial charge is 0.490 e. The minimum absolute atomic E-state index is 0.178. The first kappa shape index (κ1) is 26.0. The van der Waals surface area contributed by atoms with Crippen LogP contribution in [0.1, 0.15) is 51.8 Å². The lowest BCUT2D eigenvalue weighted by molar-refractivity contribution is -0.139. The fourth-order valence-electron chi connectivity index (χ4n) is 3.83. The molecule has 0 saturated heterocycles. The molecule has 1 atom stereocenters. The van der Waals surface area contributed by atoms with Gasteiger partial charge in [0.2, 0.25) is 0 Å². The van der Waals surface area contributed by atoms with Crippen LogP contribution < -0.4 is 14.8 Å². The lowest BCUT2D eigenvalue weighted by Gasteiger charge is -2.38. The molecule has 1 N–H and O–H groups in total. The van der Waals surface area contributed by atoms with Crippen molar-refractivity contribution in [2.24, 2.45) is 0 Å². The molecule has 35 heavy (non-hydrogen) atoms. The molecule has 0 aliphatic carbocycles. The molecule has 1 aromatic heterocycles. The summed E-state index contributed by atoms with van der Waals surface area (Å²) in [5, 5.41) is 3.18. The fourth-order valence-corrected chi connectivity index (χ4v) is 4.18. The van der Waals surface area contributed by atoms with Gasteiger partial charge in [0.15, 0.2) is 16.6 Å². The first-order valence-corrected chi connectivity index (χ1v) is 11.9. The number of allylic oxidation sites excluding steroid dienone is 1. The zero-order chi connectivity index (χ0) is 25.5. The highest BCUT2D eigenvalue weighted by Crippen LogP contribution is 2.39. The van der Waals surface area contributed by atoms with Crippen molar-refractivity contribution < 1.29 is 28.2 Å². The van der Waals surface area contributed by atoms with Crippen molar-refractivity contribution in [2.45, 2.75) is 40.7 Å². The Morgan fingerprint density at radius 2 is 1.83 bits per heavy atom. The summed E-state index contributed by atoms with van der Waals surface area (Å²) in [5.74, 6) is 0.179. The number of ether oxygens (including phenoxy) is 3. The number of hydrogen-bond acceptors (Lipinski definition) is 7. The quantitative estimate of drug-likeness (QED) is 0.300. The van der Waals surface area contributed by atoms with Gasteiger partial charge < -0.3 is 23.9 Å². The number of thiocarbonyl (C=S) groups is 1. The standard InChI is InChI=1S/C26H30N2O6S/c1-6-32-20-10-9-19(14-21(20)33-7-2)23-22(25(30)34-8-3)17(5)27-26(35)28(23)24(29)16(4)13-18-11-12-31-15-18/h9-15,23H,6-8H2,1-5H3,(H,27,35)/b16-13+. The predicted octanol–water partition coefficient (Wildman–Crippen LogP) is 4.78. The van der Waals surface area contributed by atoms with E-state index in [4.69, 9.17) is 30.8 Å². The number of esters is 1. The van der Waals surface area contributed by atoms with Gasteiger partial charge in [-0.25, -0.2) is 4.79 Å². The monoisotopic (exact) mass is 498 g/mol. The van der Waals surface area contributed by atoms with E-state index in [2.05, 4.69) is 5.32 Å². The molecule has 8 nitrogen and oxygen atoms in total. The smallest absolute Gasteiger partial charge is 0.338 e. The Hall–Kier alpha value is -3.59. The van der Waals surface area contributed by atoms with Gasteiger partial charge in [-0.15, -0.1) is 0 Å². The van der Waals surface area contributed by atoms with Crippen LogP contribution in [0.5, 0.6) is 11.5 Å². The molecule has 2 aromatic rings. The summed E-state index contributed by atoms with van der Waals surface area (Å²) in [6.45, 7) is 9.98. The number of rotatable bonds is 9. The van der Waals surface area contributed by atoms with Crippen molar-refractivity contribution in [1.29, 1.82) is 0 Å². The van der Waals surface area contributed by atoms with Gasteiger partial charge in [-0.1, -0.05) is 6.07 Å². The summed E-state index contributed by atoms with van der Waals surface area (Å²) in [6, 6.07) is 6.25. The van der Waals surface area contributed by atoms with Gasteiger partial charge in [-0.2, -0.15) is 0 Å². The van der Waals surface area contributed by atoms with Crippen LogP contribution in [-0.4, -0.2) is 41.7 Å². The Balaban J connectivity index is 2.17. The van der Waals surface area contributed by atoms with E-state index in [1.807, 2.05) is 13.8 Å². The molecule has 0 spiro atoms. The normalized spacial score (nSPS) is 16.1. The molecule has 0 fully saturated rings. The molecule has 1 unspecified atom stereocenters. The second kappa shape index (κ2) is 11.7. The number of nitrogens with zero attached hydrogens (tertiary/aromatic N) is 1. The molecule has 0 bridgehead atoms. The fraction of sp³-hybridized carbons (Fsp3) is 0.346. The van der Waals surface area contributed by atoms with E-state index in [9.17, 15) is 9.59 Å². The minimum Gasteiger partial charge on any atom is -0.490 e. The number of furan rings is 1. The van der Waals surface area contributed by atoms with Crippen LogP contribution in [0.3, 0.4) is 0 Å². The Labute approximate surface area is 210 Å². The van der Waals surface area contributed by atoms with Gasteiger partial charge in [0.1, 0.15) is 0 Å². The lowest BCUT2D eigenvalue weighted by Crippen LogP contribution is -2.51. The summed E-state index contributed by atoms with van der Waals surface area (Å²) in [4.78, 5) is 28.2. The van der Waals surface area contributed by atoms with Crippen molar-refractivity contribution in [2.75, 3.05) is 19.8 Å². The summed E-state index contributed by atoms with van der Waals surface area (Å²) < 4.78 is 22.0. The highest BCUT2D eigenvalue weighted by molar-refractivity contribution is 7.80. The molecule has 0 radical (unpaired) electrons. The van der Waals surface area contributed by atoms with E-state index < -0.39 is 12.0 Å². The average molecular weight is 499 g/mol. The van der Waals surface area contributed by atoms with Crippen molar-refractivity contribution in [3.63, 3.8) is 0 Å².